The van der Waals surface area contributed by atoms with Gasteiger partial charge in [0.05, 0.1) is 10.6 Å². The summed E-state index contributed by atoms with van der Waals surface area (Å²) in [5.41, 5.74) is 1.43. The van der Waals surface area contributed by atoms with Gasteiger partial charge >= 0.3 is 0 Å². The number of hydrogen-bond donors (Lipinski definition) is 2. The predicted octanol–water partition coefficient (Wildman–Crippen LogP) is 2.70. The summed E-state index contributed by atoms with van der Waals surface area (Å²) in [6, 6.07) is 12.3. The third-order valence-corrected chi connectivity index (χ3v) is 7.64. The van der Waals surface area contributed by atoms with E-state index in [1.54, 1.807) is 24.4 Å². The number of carbonyl (C=O) groups is 1. The van der Waals surface area contributed by atoms with E-state index in [1.165, 1.54) is 6.07 Å². The van der Waals surface area contributed by atoms with Crippen LogP contribution in [-0.4, -0.2) is 49.4 Å². The van der Waals surface area contributed by atoms with Crippen LogP contribution in [0.25, 0.3) is 0 Å². The summed E-state index contributed by atoms with van der Waals surface area (Å²) in [6.45, 7) is 2.60. The van der Waals surface area contributed by atoms with E-state index in [4.69, 9.17) is 0 Å². The molecule has 1 aliphatic heterocycles. The molecule has 0 spiro atoms. The third-order valence-electron chi connectivity index (χ3n) is 6.12. The topological polar surface area (TPSA) is 91.4 Å². The fourth-order valence-electron chi connectivity index (χ4n) is 4.36. The Morgan fingerprint density at radius 3 is 2.48 bits per heavy atom. The van der Waals surface area contributed by atoms with Gasteiger partial charge in [-0.3, -0.25) is 14.7 Å². The lowest BCUT2D eigenvalue weighted by molar-refractivity contribution is 0.0908. The van der Waals surface area contributed by atoms with Crippen LogP contribution in [0.5, 0.6) is 0 Å². The molecule has 0 unspecified atom stereocenters. The van der Waals surface area contributed by atoms with Crippen LogP contribution in [0.2, 0.25) is 0 Å². The van der Waals surface area contributed by atoms with Crippen molar-refractivity contribution < 1.29 is 13.2 Å². The van der Waals surface area contributed by atoms with E-state index in [1.807, 2.05) is 18.2 Å². The molecule has 1 aliphatic carbocycles. The van der Waals surface area contributed by atoms with E-state index >= 15 is 0 Å². The molecule has 2 fully saturated rings. The van der Waals surface area contributed by atoms with Gasteiger partial charge in [-0.2, -0.15) is 0 Å². The molecule has 2 N–H and O–H groups in total. The van der Waals surface area contributed by atoms with Gasteiger partial charge in [0.2, 0.25) is 10.0 Å². The molecule has 0 radical (unpaired) electrons. The number of piperidine rings is 1. The number of likely N-dealkylation sites (tertiary alicyclic amines) is 1. The summed E-state index contributed by atoms with van der Waals surface area (Å²) in [7, 11) is -3.61. The zero-order chi connectivity index (χ0) is 21.7. The maximum Gasteiger partial charge on any atom is 0.251 e. The minimum Gasteiger partial charge on any atom is -0.349 e. The van der Waals surface area contributed by atoms with Crippen molar-refractivity contribution in [3.8, 4) is 0 Å². The van der Waals surface area contributed by atoms with Crippen molar-refractivity contribution in [3.63, 3.8) is 0 Å². The van der Waals surface area contributed by atoms with Gasteiger partial charge < -0.3 is 5.32 Å². The number of pyridine rings is 1. The van der Waals surface area contributed by atoms with Crippen LogP contribution in [0.4, 0.5) is 0 Å². The van der Waals surface area contributed by atoms with Gasteiger partial charge in [0, 0.05) is 43.5 Å². The van der Waals surface area contributed by atoms with E-state index < -0.39 is 10.0 Å². The Labute approximate surface area is 184 Å². The lowest BCUT2D eigenvalue weighted by Crippen LogP contribution is -2.44. The number of amides is 1. The molecule has 166 valence electrons. The first kappa shape index (κ1) is 21.9. The summed E-state index contributed by atoms with van der Waals surface area (Å²) in [5, 5.41) is 3.07. The van der Waals surface area contributed by atoms with E-state index in [0.717, 1.165) is 63.9 Å². The fourth-order valence-corrected chi connectivity index (χ4v) is 5.71. The number of benzene rings is 1. The SMILES string of the molecule is O=C(NC1CCN(Cc2ccccn2)CC1)c1cccc(S(=O)(=O)NC2CCCC2)c1. The van der Waals surface area contributed by atoms with Crippen LogP contribution in [0.3, 0.4) is 0 Å². The van der Waals surface area contributed by atoms with Crippen LogP contribution < -0.4 is 10.0 Å². The van der Waals surface area contributed by atoms with Crippen molar-refractivity contribution >= 4 is 15.9 Å². The molecule has 1 saturated carbocycles. The second kappa shape index (κ2) is 9.89. The first-order valence-corrected chi connectivity index (χ1v) is 12.5. The van der Waals surface area contributed by atoms with Crippen LogP contribution in [0.15, 0.2) is 53.6 Å². The average Bonchev–Trinajstić information content (AvgIpc) is 3.28. The number of nitrogens with zero attached hydrogens (tertiary/aromatic N) is 2. The van der Waals surface area contributed by atoms with Crippen LogP contribution in [0.1, 0.15) is 54.6 Å². The summed E-state index contributed by atoms with van der Waals surface area (Å²) >= 11 is 0. The average molecular weight is 443 g/mol. The van der Waals surface area contributed by atoms with E-state index in [9.17, 15) is 13.2 Å². The standard InChI is InChI=1S/C23H30N4O3S/c28-23(25-19-11-14-27(15-12-19)17-21-9-3-4-13-24-21)18-6-5-10-22(16-18)31(29,30)26-20-7-1-2-8-20/h3-6,9-10,13,16,19-20,26H,1-2,7-8,11-12,14-15,17H2,(H,25,28). The molecule has 1 saturated heterocycles. The predicted molar refractivity (Wildman–Crippen MR) is 119 cm³/mol. The zero-order valence-corrected chi connectivity index (χ0v) is 18.5. The van der Waals surface area contributed by atoms with Crippen molar-refractivity contribution in [2.45, 2.75) is 62.0 Å². The van der Waals surface area contributed by atoms with E-state index in [0.29, 0.717) is 5.56 Å². The highest BCUT2D eigenvalue weighted by Crippen LogP contribution is 2.21. The van der Waals surface area contributed by atoms with Gasteiger partial charge in [-0.25, -0.2) is 13.1 Å². The number of sulfonamides is 1. The minimum atomic E-state index is -3.61. The summed E-state index contributed by atoms with van der Waals surface area (Å²) in [5.74, 6) is -0.221. The molecule has 2 aromatic rings. The summed E-state index contributed by atoms with van der Waals surface area (Å²) < 4.78 is 28.1. The monoisotopic (exact) mass is 442 g/mol. The van der Waals surface area contributed by atoms with Crippen molar-refractivity contribution in [3.05, 3.63) is 59.9 Å². The molecule has 31 heavy (non-hydrogen) atoms. The molecular weight excluding hydrogens is 412 g/mol. The van der Waals surface area contributed by atoms with Crippen molar-refractivity contribution in [2.24, 2.45) is 0 Å². The van der Waals surface area contributed by atoms with Crippen molar-refractivity contribution in [2.75, 3.05) is 13.1 Å². The lowest BCUT2D eigenvalue weighted by Gasteiger charge is -2.32. The Kier molecular flexibility index (Phi) is 6.99. The lowest BCUT2D eigenvalue weighted by atomic mass is 10.0. The number of rotatable bonds is 7. The Hall–Kier alpha value is -2.29. The van der Waals surface area contributed by atoms with Gasteiger partial charge in [0.25, 0.3) is 5.91 Å². The molecule has 0 bridgehead atoms. The van der Waals surface area contributed by atoms with Gasteiger partial charge in [0.1, 0.15) is 0 Å². The Bertz CT molecular complexity index is 983. The second-order valence-corrected chi connectivity index (χ2v) is 10.2. The van der Waals surface area contributed by atoms with Crippen molar-refractivity contribution in [1.82, 2.24) is 19.9 Å². The minimum absolute atomic E-state index is 0.00115. The number of hydrogen-bond acceptors (Lipinski definition) is 5. The number of nitrogens with one attached hydrogen (secondary N) is 2. The molecule has 1 aromatic carbocycles. The molecule has 2 heterocycles. The van der Waals surface area contributed by atoms with Crippen LogP contribution in [0, 0.1) is 0 Å². The summed E-state index contributed by atoms with van der Waals surface area (Å²) in [4.78, 5) is 19.6. The second-order valence-electron chi connectivity index (χ2n) is 8.48. The highest BCUT2D eigenvalue weighted by Gasteiger charge is 2.25. The Morgan fingerprint density at radius 1 is 1.00 bits per heavy atom. The maximum atomic E-state index is 12.8. The van der Waals surface area contributed by atoms with E-state index in [-0.39, 0.29) is 22.9 Å². The largest absolute Gasteiger partial charge is 0.349 e. The molecule has 1 aromatic heterocycles. The van der Waals surface area contributed by atoms with Crippen LogP contribution in [-0.2, 0) is 16.6 Å². The Balaban J connectivity index is 1.31. The van der Waals surface area contributed by atoms with Crippen molar-refractivity contribution in [1.29, 1.82) is 0 Å². The van der Waals surface area contributed by atoms with Gasteiger partial charge in [-0.1, -0.05) is 25.0 Å². The quantitative estimate of drug-likeness (QED) is 0.688. The normalized spacial score (nSPS) is 18.8. The fraction of sp³-hybridized carbons (Fsp3) is 0.478. The Morgan fingerprint density at radius 2 is 1.77 bits per heavy atom. The highest BCUT2D eigenvalue weighted by atomic mass is 32.2. The summed E-state index contributed by atoms with van der Waals surface area (Å²) in [6.07, 6.45) is 7.38. The molecule has 7 nitrogen and oxygen atoms in total. The van der Waals surface area contributed by atoms with Gasteiger partial charge in [-0.15, -0.1) is 0 Å². The van der Waals surface area contributed by atoms with E-state index in [2.05, 4.69) is 19.9 Å². The van der Waals surface area contributed by atoms with Crippen LogP contribution >= 0.6 is 0 Å². The van der Waals surface area contributed by atoms with Gasteiger partial charge in [-0.05, 0) is 56.0 Å². The first-order valence-electron chi connectivity index (χ1n) is 11.1. The molecule has 4 rings (SSSR count). The maximum absolute atomic E-state index is 12.8. The smallest absolute Gasteiger partial charge is 0.251 e. The molecule has 0 atom stereocenters. The molecule has 8 heteroatoms. The molecular formula is C23H30N4O3S. The number of aromatic nitrogens is 1. The number of carbonyl (C=O) groups excluding carboxylic acids is 1. The molecule has 2 aliphatic rings. The zero-order valence-electron chi connectivity index (χ0n) is 17.7. The van der Waals surface area contributed by atoms with Gasteiger partial charge in [0.15, 0.2) is 0 Å². The highest BCUT2D eigenvalue weighted by molar-refractivity contribution is 7.89. The first-order chi connectivity index (χ1) is 15.0. The molecule has 1 amide bonds. The third kappa shape index (κ3) is 5.90.